The smallest absolute Gasteiger partial charge is 0.162 e. The minimum absolute atomic E-state index is 0.0130. The van der Waals surface area contributed by atoms with Gasteiger partial charge in [0.05, 0.1) is 18.2 Å². The van der Waals surface area contributed by atoms with Crippen LogP contribution in [0.4, 0.5) is 0 Å². The zero-order valence-electron chi connectivity index (χ0n) is 16.3. The van der Waals surface area contributed by atoms with Crippen molar-refractivity contribution in [2.24, 2.45) is 0 Å². The molecule has 0 spiro atoms. The second-order valence-corrected chi connectivity index (χ2v) is 7.15. The van der Waals surface area contributed by atoms with Crippen LogP contribution in [0.25, 0.3) is 0 Å². The molecule has 2 aromatic rings. The highest BCUT2D eigenvalue weighted by Gasteiger charge is 2.19. The first-order valence-corrected chi connectivity index (χ1v) is 8.89. The molecule has 0 aliphatic rings. The third kappa shape index (κ3) is 5.16. The van der Waals surface area contributed by atoms with Crippen molar-refractivity contribution in [1.29, 1.82) is 5.26 Å². The number of rotatable bonds is 7. The summed E-state index contributed by atoms with van der Waals surface area (Å²) in [4.78, 5) is 0. The molecule has 0 heterocycles. The highest BCUT2D eigenvalue weighted by atomic mass is 16.5. The molecule has 0 saturated heterocycles. The summed E-state index contributed by atoms with van der Waals surface area (Å²) in [5.74, 6) is 2.10. The number of nitrogens with zero attached hydrogens (tertiary/aromatic N) is 1. The number of aryl methyl sites for hydroxylation is 1. The Balaban J connectivity index is 2.02. The fourth-order valence-corrected chi connectivity index (χ4v) is 2.64. The Hall–Kier alpha value is -2.67. The van der Waals surface area contributed by atoms with E-state index < -0.39 is 0 Å². The Morgan fingerprint density at radius 3 is 2.19 bits per heavy atom. The molecule has 0 amide bonds. The van der Waals surface area contributed by atoms with E-state index in [0.29, 0.717) is 36.9 Å². The van der Waals surface area contributed by atoms with Gasteiger partial charge in [-0.15, -0.1) is 0 Å². The molecular weight excluding hydrogens is 326 g/mol. The van der Waals surface area contributed by atoms with Crippen LogP contribution in [0.5, 0.6) is 17.2 Å². The van der Waals surface area contributed by atoms with E-state index in [1.54, 1.807) is 18.2 Å². The predicted molar refractivity (Wildman–Crippen MR) is 103 cm³/mol. The normalized spacial score (nSPS) is 10.9. The molecule has 0 aliphatic carbocycles. The molecule has 2 aromatic carbocycles. The van der Waals surface area contributed by atoms with Crippen molar-refractivity contribution in [3.63, 3.8) is 0 Å². The van der Waals surface area contributed by atoms with Crippen LogP contribution in [-0.2, 0) is 5.41 Å². The Morgan fingerprint density at radius 2 is 1.58 bits per heavy atom. The van der Waals surface area contributed by atoms with Gasteiger partial charge >= 0.3 is 0 Å². The lowest BCUT2D eigenvalue weighted by Crippen LogP contribution is -2.16. The molecule has 0 atom stereocenters. The van der Waals surface area contributed by atoms with Gasteiger partial charge in [0, 0.05) is 6.07 Å². The summed E-state index contributed by atoms with van der Waals surface area (Å²) < 4.78 is 17.4. The van der Waals surface area contributed by atoms with Crippen LogP contribution in [0, 0.1) is 18.3 Å². The lowest BCUT2D eigenvalue weighted by atomic mass is 9.86. The van der Waals surface area contributed by atoms with Gasteiger partial charge in [0.25, 0.3) is 0 Å². The zero-order valence-corrected chi connectivity index (χ0v) is 16.3. The minimum atomic E-state index is 0.0130. The highest BCUT2D eigenvalue weighted by molar-refractivity contribution is 5.46. The largest absolute Gasteiger partial charge is 0.490 e. The number of nitriles is 1. The van der Waals surface area contributed by atoms with Gasteiger partial charge in [0.15, 0.2) is 11.5 Å². The van der Waals surface area contributed by atoms with E-state index >= 15 is 0 Å². The van der Waals surface area contributed by atoms with Crippen molar-refractivity contribution in [2.45, 2.75) is 40.0 Å². The van der Waals surface area contributed by atoms with Crippen LogP contribution in [-0.4, -0.2) is 19.8 Å². The second kappa shape index (κ2) is 8.62. The van der Waals surface area contributed by atoms with E-state index in [1.165, 1.54) is 11.1 Å². The van der Waals surface area contributed by atoms with E-state index in [-0.39, 0.29) is 5.41 Å². The van der Waals surface area contributed by atoms with E-state index in [0.717, 1.165) is 5.75 Å². The first kappa shape index (κ1) is 19.7. The van der Waals surface area contributed by atoms with E-state index in [1.807, 2.05) is 6.92 Å². The van der Waals surface area contributed by atoms with Gasteiger partial charge in [-0.2, -0.15) is 5.26 Å². The molecule has 0 unspecified atom stereocenters. The first-order chi connectivity index (χ1) is 12.3. The molecular formula is C22H27NO3. The highest BCUT2D eigenvalue weighted by Crippen LogP contribution is 2.32. The van der Waals surface area contributed by atoms with Gasteiger partial charge in [0.2, 0.25) is 0 Å². The summed E-state index contributed by atoms with van der Waals surface area (Å²) in [6.07, 6.45) is 0. The van der Waals surface area contributed by atoms with Crippen LogP contribution >= 0.6 is 0 Å². The van der Waals surface area contributed by atoms with Gasteiger partial charge in [-0.05, 0) is 48.6 Å². The molecule has 0 fully saturated rings. The maximum absolute atomic E-state index is 9.01. The van der Waals surface area contributed by atoms with Crippen LogP contribution in [0.3, 0.4) is 0 Å². The van der Waals surface area contributed by atoms with Gasteiger partial charge in [-0.1, -0.05) is 32.9 Å². The Kier molecular flexibility index (Phi) is 6.52. The SMILES string of the molecule is CCOc1cc(C#N)ccc1OCCOc1cc(C)ccc1C(C)(C)C. The predicted octanol–water partition coefficient (Wildman–Crippen LogP) is 5.02. The summed E-state index contributed by atoms with van der Waals surface area (Å²) in [5.41, 5.74) is 2.90. The lowest BCUT2D eigenvalue weighted by molar-refractivity contribution is 0.206. The van der Waals surface area contributed by atoms with E-state index in [4.69, 9.17) is 19.5 Å². The quantitative estimate of drug-likeness (QED) is 0.656. The average molecular weight is 353 g/mol. The van der Waals surface area contributed by atoms with Gasteiger partial charge in [-0.3, -0.25) is 0 Å². The maximum atomic E-state index is 9.01. The molecule has 0 saturated carbocycles. The molecule has 0 radical (unpaired) electrons. The number of benzene rings is 2. The average Bonchev–Trinajstić information content (AvgIpc) is 2.59. The van der Waals surface area contributed by atoms with Crippen molar-refractivity contribution in [1.82, 2.24) is 0 Å². The Bertz CT molecular complexity index is 785. The molecule has 4 nitrogen and oxygen atoms in total. The van der Waals surface area contributed by atoms with Crippen molar-refractivity contribution >= 4 is 0 Å². The number of hydrogen-bond acceptors (Lipinski definition) is 4. The second-order valence-electron chi connectivity index (χ2n) is 7.15. The molecule has 138 valence electrons. The molecule has 0 N–H and O–H groups in total. The van der Waals surface area contributed by atoms with E-state index in [2.05, 4.69) is 52.0 Å². The molecule has 0 aliphatic heterocycles. The molecule has 0 bridgehead atoms. The number of ether oxygens (including phenoxy) is 3. The Morgan fingerprint density at radius 1 is 0.885 bits per heavy atom. The topological polar surface area (TPSA) is 51.5 Å². The fraction of sp³-hybridized carbons (Fsp3) is 0.409. The number of hydrogen-bond donors (Lipinski definition) is 0. The molecule has 4 heteroatoms. The van der Waals surface area contributed by atoms with Gasteiger partial charge in [-0.25, -0.2) is 0 Å². The van der Waals surface area contributed by atoms with Crippen molar-refractivity contribution in [3.8, 4) is 23.3 Å². The van der Waals surface area contributed by atoms with Gasteiger partial charge < -0.3 is 14.2 Å². The van der Waals surface area contributed by atoms with Crippen molar-refractivity contribution < 1.29 is 14.2 Å². The maximum Gasteiger partial charge on any atom is 0.162 e. The summed E-state index contributed by atoms with van der Waals surface area (Å²) in [5, 5.41) is 9.01. The monoisotopic (exact) mass is 353 g/mol. The van der Waals surface area contributed by atoms with Crippen molar-refractivity contribution in [2.75, 3.05) is 19.8 Å². The fourth-order valence-electron chi connectivity index (χ4n) is 2.64. The molecule has 26 heavy (non-hydrogen) atoms. The van der Waals surface area contributed by atoms with Crippen LogP contribution in [0.1, 0.15) is 44.4 Å². The standard InChI is InChI=1S/C22H27NO3/c1-6-24-21-14-17(15-23)8-10-19(21)25-11-12-26-20-13-16(2)7-9-18(20)22(3,4)5/h7-10,13-14H,6,11-12H2,1-5H3. The summed E-state index contributed by atoms with van der Waals surface area (Å²) in [7, 11) is 0. The van der Waals surface area contributed by atoms with E-state index in [9.17, 15) is 0 Å². The minimum Gasteiger partial charge on any atom is -0.490 e. The third-order valence-electron chi connectivity index (χ3n) is 3.92. The molecule has 2 rings (SSSR count). The van der Waals surface area contributed by atoms with Crippen LogP contribution in [0.2, 0.25) is 0 Å². The molecule has 0 aromatic heterocycles. The summed E-state index contributed by atoms with van der Waals surface area (Å²) >= 11 is 0. The first-order valence-electron chi connectivity index (χ1n) is 8.89. The Labute approximate surface area is 156 Å². The van der Waals surface area contributed by atoms with Crippen LogP contribution in [0.15, 0.2) is 36.4 Å². The van der Waals surface area contributed by atoms with Crippen molar-refractivity contribution in [3.05, 3.63) is 53.1 Å². The lowest BCUT2D eigenvalue weighted by Gasteiger charge is -2.23. The third-order valence-corrected chi connectivity index (χ3v) is 3.92. The van der Waals surface area contributed by atoms with Crippen LogP contribution < -0.4 is 14.2 Å². The summed E-state index contributed by atoms with van der Waals surface area (Å²) in [6.45, 7) is 11.8. The summed E-state index contributed by atoms with van der Waals surface area (Å²) in [6, 6.07) is 13.6. The zero-order chi connectivity index (χ0) is 19.2. The van der Waals surface area contributed by atoms with Gasteiger partial charge in [0.1, 0.15) is 19.0 Å².